The summed E-state index contributed by atoms with van der Waals surface area (Å²) in [5.41, 5.74) is 8.14. The van der Waals surface area contributed by atoms with Crippen LogP contribution >= 0.6 is 0 Å². The van der Waals surface area contributed by atoms with Crippen molar-refractivity contribution in [1.82, 2.24) is 9.55 Å². The highest BCUT2D eigenvalue weighted by Gasteiger charge is 2.23. The molecule has 3 heterocycles. The van der Waals surface area contributed by atoms with Gasteiger partial charge in [-0.2, -0.15) is 0 Å². The summed E-state index contributed by atoms with van der Waals surface area (Å²) < 4.78 is 7.71. The second-order valence-corrected chi connectivity index (χ2v) is 8.72. The minimum Gasteiger partial charge on any atom is -0.497 e. The van der Waals surface area contributed by atoms with Crippen molar-refractivity contribution in [3.63, 3.8) is 0 Å². The number of anilines is 1. The monoisotopic (exact) mass is 407 g/mol. The summed E-state index contributed by atoms with van der Waals surface area (Å²) in [7, 11) is 1.71. The zero-order valence-corrected chi connectivity index (χ0v) is 18.8. The Balaban J connectivity index is 1.81. The van der Waals surface area contributed by atoms with Crippen LogP contribution in [0.5, 0.6) is 5.75 Å². The Kier molecular flexibility index (Phi) is 5.74. The maximum Gasteiger partial charge on any atom is 0.147 e. The SMILES string of the molecule is COc1cc(C)c(-n2cc(C)c3c(N4CCC(CCO)CC4)cc(C)nc32)c(C)c1. The molecule has 1 aliphatic rings. The van der Waals surface area contributed by atoms with Crippen molar-refractivity contribution in [1.29, 1.82) is 0 Å². The van der Waals surface area contributed by atoms with Gasteiger partial charge in [0.05, 0.1) is 12.8 Å². The standard InChI is InChI=1S/C25H33N3O2/c1-16-12-21(30-5)13-17(2)24(16)28-15-18(3)23-22(14-19(4)26-25(23)28)27-9-6-20(7-10-27)8-11-29/h12-15,20,29H,6-11H2,1-5H3. The van der Waals surface area contributed by atoms with Gasteiger partial charge in [0.25, 0.3) is 0 Å². The molecule has 0 bridgehead atoms. The number of pyridine rings is 1. The summed E-state index contributed by atoms with van der Waals surface area (Å²) in [6.07, 6.45) is 5.42. The minimum atomic E-state index is 0.297. The molecule has 1 saturated heterocycles. The van der Waals surface area contributed by atoms with Gasteiger partial charge in [0, 0.05) is 42.7 Å². The third-order valence-electron chi connectivity index (χ3n) is 6.49. The molecular formula is C25H33N3O2. The molecule has 0 amide bonds. The van der Waals surface area contributed by atoms with Gasteiger partial charge in [0.2, 0.25) is 0 Å². The molecule has 1 aromatic carbocycles. The summed E-state index contributed by atoms with van der Waals surface area (Å²) in [6, 6.07) is 6.41. The van der Waals surface area contributed by atoms with Crippen LogP contribution in [0, 0.1) is 33.6 Å². The van der Waals surface area contributed by atoms with Gasteiger partial charge < -0.3 is 19.3 Å². The van der Waals surface area contributed by atoms with Gasteiger partial charge in [0.15, 0.2) is 0 Å². The summed E-state index contributed by atoms with van der Waals surface area (Å²) in [4.78, 5) is 7.48. The number of aliphatic hydroxyl groups is 1. The first-order chi connectivity index (χ1) is 14.4. The fourth-order valence-electron chi connectivity index (χ4n) is 4.99. The van der Waals surface area contributed by atoms with Crippen LogP contribution in [0.1, 0.15) is 41.6 Å². The average molecular weight is 408 g/mol. The third kappa shape index (κ3) is 3.67. The van der Waals surface area contributed by atoms with E-state index in [-0.39, 0.29) is 0 Å². The molecule has 2 aromatic heterocycles. The molecule has 0 saturated carbocycles. The van der Waals surface area contributed by atoms with Crippen molar-refractivity contribution in [2.24, 2.45) is 5.92 Å². The van der Waals surface area contributed by atoms with Crippen molar-refractivity contribution in [3.05, 3.63) is 46.8 Å². The smallest absolute Gasteiger partial charge is 0.147 e. The Labute approximate surface area is 179 Å². The van der Waals surface area contributed by atoms with Gasteiger partial charge in [-0.3, -0.25) is 0 Å². The molecule has 1 fully saturated rings. The molecule has 0 aliphatic carbocycles. The topological polar surface area (TPSA) is 50.5 Å². The van der Waals surface area contributed by atoms with E-state index in [1.54, 1.807) is 7.11 Å². The predicted octanol–water partition coefficient (Wildman–Crippen LogP) is 4.87. The predicted molar refractivity (Wildman–Crippen MR) is 123 cm³/mol. The first-order valence-electron chi connectivity index (χ1n) is 10.9. The van der Waals surface area contributed by atoms with Gasteiger partial charge in [-0.15, -0.1) is 0 Å². The number of hydrogen-bond donors (Lipinski definition) is 1. The second-order valence-electron chi connectivity index (χ2n) is 8.72. The number of nitrogens with zero attached hydrogens (tertiary/aromatic N) is 3. The van der Waals surface area contributed by atoms with Crippen LogP contribution in [0.25, 0.3) is 16.7 Å². The lowest BCUT2D eigenvalue weighted by Crippen LogP contribution is -2.34. The number of aromatic nitrogens is 2. The van der Waals surface area contributed by atoms with E-state index < -0.39 is 0 Å². The van der Waals surface area contributed by atoms with E-state index in [2.05, 4.69) is 61.6 Å². The largest absolute Gasteiger partial charge is 0.497 e. The molecule has 0 atom stereocenters. The second kappa shape index (κ2) is 8.31. The Morgan fingerprint density at radius 3 is 2.30 bits per heavy atom. The quantitative estimate of drug-likeness (QED) is 0.656. The highest BCUT2D eigenvalue weighted by Crippen LogP contribution is 2.36. The Morgan fingerprint density at radius 1 is 1.03 bits per heavy atom. The zero-order valence-electron chi connectivity index (χ0n) is 18.8. The van der Waals surface area contributed by atoms with Gasteiger partial charge >= 0.3 is 0 Å². The summed E-state index contributed by atoms with van der Waals surface area (Å²) >= 11 is 0. The number of hydrogen-bond acceptors (Lipinski definition) is 4. The maximum atomic E-state index is 9.27. The van der Waals surface area contributed by atoms with Gasteiger partial charge in [-0.1, -0.05) is 0 Å². The molecule has 4 rings (SSSR count). The van der Waals surface area contributed by atoms with Gasteiger partial charge in [0.1, 0.15) is 11.4 Å². The average Bonchev–Trinajstić information content (AvgIpc) is 3.03. The van der Waals surface area contributed by atoms with E-state index in [9.17, 15) is 5.11 Å². The fraction of sp³-hybridized carbons (Fsp3) is 0.480. The van der Waals surface area contributed by atoms with Crippen molar-refractivity contribution < 1.29 is 9.84 Å². The molecule has 0 spiro atoms. The minimum absolute atomic E-state index is 0.297. The number of aryl methyl sites for hydroxylation is 4. The number of rotatable bonds is 5. The molecule has 0 radical (unpaired) electrons. The molecule has 30 heavy (non-hydrogen) atoms. The number of aliphatic hydroxyl groups excluding tert-OH is 1. The van der Waals surface area contributed by atoms with E-state index in [0.29, 0.717) is 12.5 Å². The van der Waals surface area contributed by atoms with E-state index in [1.807, 2.05) is 0 Å². The molecule has 1 N–H and O–H groups in total. The van der Waals surface area contributed by atoms with E-state index in [0.717, 1.165) is 49.4 Å². The van der Waals surface area contributed by atoms with Crippen LogP contribution in [0.3, 0.4) is 0 Å². The van der Waals surface area contributed by atoms with E-state index >= 15 is 0 Å². The van der Waals surface area contributed by atoms with Crippen LogP contribution < -0.4 is 9.64 Å². The van der Waals surface area contributed by atoms with Crippen molar-refractivity contribution in [2.45, 2.75) is 47.0 Å². The Hall–Kier alpha value is -2.53. The first kappa shape index (κ1) is 20.7. The molecule has 160 valence electrons. The molecule has 5 nitrogen and oxygen atoms in total. The van der Waals surface area contributed by atoms with E-state index in [4.69, 9.17) is 9.72 Å². The normalized spacial score (nSPS) is 15.2. The van der Waals surface area contributed by atoms with Crippen LogP contribution in [-0.4, -0.2) is 41.5 Å². The van der Waals surface area contributed by atoms with Crippen molar-refractivity contribution in [3.8, 4) is 11.4 Å². The van der Waals surface area contributed by atoms with Gasteiger partial charge in [-0.05, 0) is 87.8 Å². The van der Waals surface area contributed by atoms with Crippen molar-refractivity contribution in [2.75, 3.05) is 31.7 Å². The lowest BCUT2D eigenvalue weighted by atomic mass is 9.93. The number of methoxy groups -OCH3 is 1. The highest BCUT2D eigenvalue weighted by atomic mass is 16.5. The molecule has 1 aliphatic heterocycles. The molecule has 5 heteroatoms. The lowest BCUT2D eigenvalue weighted by Gasteiger charge is -2.34. The zero-order chi connectivity index (χ0) is 21.4. The first-order valence-corrected chi connectivity index (χ1v) is 10.9. The lowest BCUT2D eigenvalue weighted by molar-refractivity contribution is 0.240. The van der Waals surface area contributed by atoms with Gasteiger partial charge in [-0.25, -0.2) is 4.98 Å². The molecule has 3 aromatic rings. The van der Waals surface area contributed by atoms with Crippen LogP contribution in [-0.2, 0) is 0 Å². The number of fused-ring (bicyclic) bond motifs is 1. The summed E-state index contributed by atoms with van der Waals surface area (Å²) in [5, 5.41) is 10.5. The summed E-state index contributed by atoms with van der Waals surface area (Å²) in [5.74, 6) is 1.53. The Morgan fingerprint density at radius 2 is 1.70 bits per heavy atom. The Bertz CT molecular complexity index is 1040. The van der Waals surface area contributed by atoms with Crippen molar-refractivity contribution >= 4 is 16.7 Å². The summed E-state index contributed by atoms with van der Waals surface area (Å²) in [6.45, 7) is 10.9. The van der Waals surface area contributed by atoms with Crippen LogP contribution in [0.2, 0.25) is 0 Å². The molecule has 0 unspecified atom stereocenters. The number of piperidine rings is 1. The van der Waals surface area contributed by atoms with Crippen LogP contribution in [0.4, 0.5) is 5.69 Å². The van der Waals surface area contributed by atoms with E-state index in [1.165, 1.54) is 33.5 Å². The number of ether oxygens (including phenoxy) is 1. The number of benzene rings is 1. The fourth-order valence-corrected chi connectivity index (χ4v) is 4.99. The third-order valence-corrected chi connectivity index (χ3v) is 6.49. The molecular weight excluding hydrogens is 374 g/mol. The maximum absolute atomic E-state index is 9.27. The van der Waals surface area contributed by atoms with Crippen LogP contribution in [0.15, 0.2) is 24.4 Å². The highest BCUT2D eigenvalue weighted by molar-refractivity contribution is 5.95.